The predicted molar refractivity (Wildman–Crippen MR) is 85.7 cm³/mol. The molecule has 0 saturated carbocycles. The molecule has 5 heteroatoms. The van der Waals surface area contributed by atoms with Gasteiger partial charge >= 0.3 is 5.97 Å². The molecule has 104 valence electrons. The molecule has 2 aromatic heterocycles. The van der Waals surface area contributed by atoms with E-state index in [1.165, 1.54) is 0 Å². The predicted octanol–water partition coefficient (Wildman–Crippen LogP) is 3.95. The smallest absolute Gasteiger partial charge is 0.336 e. The highest BCUT2D eigenvalue weighted by Crippen LogP contribution is 2.24. The first-order valence-electron chi connectivity index (χ1n) is 6.28. The highest BCUT2D eigenvalue weighted by Gasteiger charge is 2.12. The normalized spacial score (nSPS) is 11.8. The third-order valence-corrected chi connectivity index (χ3v) is 3.70. The van der Waals surface area contributed by atoms with Gasteiger partial charge in [0.05, 0.1) is 5.57 Å². The van der Waals surface area contributed by atoms with Crippen LogP contribution in [0.3, 0.4) is 0 Å². The summed E-state index contributed by atoms with van der Waals surface area (Å²) < 4.78 is 0.910. The fourth-order valence-electron chi connectivity index (χ4n) is 2.15. The van der Waals surface area contributed by atoms with Gasteiger partial charge in [-0.2, -0.15) is 0 Å². The van der Waals surface area contributed by atoms with Crippen LogP contribution in [0.1, 0.15) is 11.1 Å². The van der Waals surface area contributed by atoms with Crippen molar-refractivity contribution in [2.45, 2.75) is 0 Å². The van der Waals surface area contributed by atoms with Gasteiger partial charge in [-0.3, -0.25) is 0 Å². The van der Waals surface area contributed by atoms with Gasteiger partial charge in [-0.15, -0.1) is 0 Å². The minimum atomic E-state index is -0.962. The van der Waals surface area contributed by atoms with Crippen molar-refractivity contribution in [3.05, 3.63) is 64.4 Å². The van der Waals surface area contributed by atoms with E-state index in [4.69, 9.17) is 0 Å². The molecular weight excluding hydrogens is 332 g/mol. The highest BCUT2D eigenvalue weighted by molar-refractivity contribution is 9.10. The van der Waals surface area contributed by atoms with Gasteiger partial charge in [0, 0.05) is 27.8 Å². The van der Waals surface area contributed by atoms with E-state index in [0.717, 1.165) is 21.1 Å². The third-order valence-electron chi connectivity index (χ3n) is 3.17. The summed E-state index contributed by atoms with van der Waals surface area (Å²) in [4.78, 5) is 18.8. The summed E-state index contributed by atoms with van der Waals surface area (Å²) in [6.45, 7) is 0. The van der Waals surface area contributed by atoms with Crippen LogP contribution in [0.2, 0.25) is 0 Å². The number of carboxylic acid groups (broad SMARTS) is 1. The second kappa shape index (κ2) is 5.54. The molecule has 0 amide bonds. The first-order valence-corrected chi connectivity index (χ1v) is 7.07. The van der Waals surface area contributed by atoms with Crippen LogP contribution < -0.4 is 0 Å². The number of carbonyl (C=O) groups is 1. The number of fused-ring (bicyclic) bond motifs is 1. The number of aromatic amines is 1. The Labute approximate surface area is 129 Å². The van der Waals surface area contributed by atoms with Crippen molar-refractivity contribution in [2.75, 3.05) is 0 Å². The van der Waals surface area contributed by atoms with Crippen LogP contribution in [0.15, 0.2) is 53.3 Å². The van der Waals surface area contributed by atoms with Crippen LogP contribution in [0.25, 0.3) is 22.7 Å². The molecule has 0 fully saturated rings. The summed E-state index contributed by atoms with van der Waals surface area (Å²) in [5, 5.41) is 10.4. The first kappa shape index (κ1) is 13.6. The monoisotopic (exact) mass is 342 g/mol. The molecule has 4 nitrogen and oxygen atoms in total. The van der Waals surface area contributed by atoms with Crippen molar-refractivity contribution in [2.24, 2.45) is 0 Å². The number of hydrogen-bond acceptors (Lipinski definition) is 2. The Hall–Kier alpha value is -2.40. The van der Waals surface area contributed by atoms with Gasteiger partial charge in [-0.25, -0.2) is 9.78 Å². The highest BCUT2D eigenvalue weighted by atomic mass is 79.9. The average Bonchev–Trinajstić information content (AvgIpc) is 2.89. The summed E-state index contributed by atoms with van der Waals surface area (Å²) in [5.74, 6) is -0.962. The molecule has 0 unspecified atom stereocenters. The van der Waals surface area contributed by atoms with E-state index >= 15 is 0 Å². The Balaban J connectivity index is 2.13. The van der Waals surface area contributed by atoms with Crippen LogP contribution in [0.5, 0.6) is 0 Å². The second-order valence-corrected chi connectivity index (χ2v) is 5.43. The molecular formula is C16H11BrN2O2. The van der Waals surface area contributed by atoms with Gasteiger partial charge in [0.1, 0.15) is 5.65 Å². The number of nitrogens with zero attached hydrogens (tertiary/aromatic N) is 1. The Morgan fingerprint density at radius 2 is 2.00 bits per heavy atom. The molecule has 0 aliphatic carbocycles. The Morgan fingerprint density at radius 3 is 2.71 bits per heavy atom. The summed E-state index contributed by atoms with van der Waals surface area (Å²) in [7, 11) is 0. The lowest BCUT2D eigenvalue weighted by atomic mass is 10.0. The van der Waals surface area contributed by atoms with Gasteiger partial charge in [0.15, 0.2) is 0 Å². The summed E-state index contributed by atoms with van der Waals surface area (Å²) in [6, 6.07) is 10.9. The van der Waals surface area contributed by atoms with E-state index < -0.39 is 5.97 Å². The number of rotatable bonds is 3. The van der Waals surface area contributed by atoms with Gasteiger partial charge < -0.3 is 10.1 Å². The van der Waals surface area contributed by atoms with Gasteiger partial charge in [0.2, 0.25) is 0 Å². The molecule has 0 atom stereocenters. The zero-order valence-corrected chi connectivity index (χ0v) is 12.5. The number of nitrogens with one attached hydrogen (secondary N) is 1. The molecule has 3 rings (SSSR count). The summed E-state index contributed by atoms with van der Waals surface area (Å²) in [6.07, 6.45) is 5.12. The number of H-pyrrole nitrogens is 1. The number of halogens is 1. The molecule has 21 heavy (non-hydrogen) atoms. The largest absolute Gasteiger partial charge is 0.478 e. The second-order valence-electron chi connectivity index (χ2n) is 4.51. The van der Waals surface area contributed by atoms with Crippen molar-refractivity contribution in [3.8, 4) is 0 Å². The van der Waals surface area contributed by atoms with Crippen LogP contribution in [-0.4, -0.2) is 21.0 Å². The van der Waals surface area contributed by atoms with E-state index in [1.807, 2.05) is 24.3 Å². The molecule has 0 aliphatic heterocycles. The number of carboxylic acids is 1. The lowest BCUT2D eigenvalue weighted by Gasteiger charge is -2.03. The maximum Gasteiger partial charge on any atom is 0.336 e. The van der Waals surface area contributed by atoms with Crippen molar-refractivity contribution in [1.29, 1.82) is 0 Å². The van der Waals surface area contributed by atoms with Crippen molar-refractivity contribution >= 4 is 44.6 Å². The minimum Gasteiger partial charge on any atom is -0.478 e. The number of aromatic nitrogens is 2. The van der Waals surface area contributed by atoms with Gasteiger partial charge in [-0.1, -0.05) is 28.1 Å². The standard InChI is InChI=1S/C16H11BrN2O2/c17-12-5-3-10(4-6-12)14(16(20)21)8-11-9-19-15-13(11)2-1-7-18-15/h1-9H,(H,18,19)(H,20,21)/b14-8-. The van der Waals surface area contributed by atoms with E-state index in [-0.39, 0.29) is 5.57 Å². The summed E-state index contributed by atoms with van der Waals surface area (Å²) in [5.41, 5.74) is 2.44. The zero-order chi connectivity index (χ0) is 14.8. The third kappa shape index (κ3) is 2.73. The lowest BCUT2D eigenvalue weighted by molar-refractivity contribution is -0.130. The molecule has 0 aliphatic rings. The van der Waals surface area contributed by atoms with E-state index in [2.05, 4.69) is 25.9 Å². The number of pyridine rings is 1. The first-order chi connectivity index (χ1) is 10.1. The Morgan fingerprint density at radius 1 is 1.24 bits per heavy atom. The molecule has 0 spiro atoms. The Bertz CT molecular complexity index is 835. The van der Waals surface area contributed by atoms with Crippen molar-refractivity contribution < 1.29 is 9.90 Å². The van der Waals surface area contributed by atoms with E-state index in [0.29, 0.717) is 5.56 Å². The average molecular weight is 343 g/mol. The number of aliphatic carboxylic acids is 1. The zero-order valence-electron chi connectivity index (χ0n) is 10.9. The van der Waals surface area contributed by atoms with E-state index in [9.17, 15) is 9.90 Å². The fourth-order valence-corrected chi connectivity index (χ4v) is 2.41. The lowest BCUT2D eigenvalue weighted by Crippen LogP contribution is -1.99. The molecule has 0 radical (unpaired) electrons. The maximum absolute atomic E-state index is 11.5. The van der Waals surface area contributed by atoms with Crippen LogP contribution in [-0.2, 0) is 4.79 Å². The number of hydrogen-bond donors (Lipinski definition) is 2. The SMILES string of the molecule is O=C(O)/C(=C\c1c[nH]c2ncccc12)c1ccc(Br)cc1. The van der Waals surface area contributed by atoms with Gasteiger partial charge in [0.25, 0.3) is 0 Å². The minimum absolute atomic E-state index is 0.243. The maximum atomic E-state index is 11.5. The quantitative estimate of drug-likeness (QED) is 0.708. The summed E-state index contributed by atoms with van der Waals surface area (Å²) >= 11 is 3.34. The molecule has 0 bridgehead atoms. The van der Waals surface area contributed by atoms with E-state index in [1.54, 1.807) is 30.6 Å². The van der Waals surface area contributed by atoms with Crippen LogP contribution >= 0.6 is 15.9 Å². The van der Waals surface area contributed by atoms with Crippen LogP contribution in [0.4, 0.5) is 0 Å². The van der Waals surface area contributed by atoms with Crippen molar-refractivity contribution in [3.63, 3.8) is 0 Å². The molecule has 0 saturated heterocycles. The molecule has 3 aromatic rings. The number of benzene rings is 1. The fraction of sp³-hybridized carbons (Fsp3) is 0. The van der Waals surface area contributed by atoms with Gasteiger partial charge in [-0.05, 0) is 35.9 Å². The molecule has 2 N–H and O–H groups in total. The van der Waals surface area contributed by atoms with Crippen molar-refractivity contribution in [1.82, 2.24) is 9.97 Å². The molecule has 2 heterocycles. The van der Waals surface area contributed by atoms with Crippen LogP contribution in [0, 0.1) is 0 Å². The Kier molecular flexibility index (Phi) is 3.58. The topological polar surface area (TPSA) is 66.0 Å². The molecule has 1 aromatic carbocycles.